The Labute approximate surface area is 157 Å². The van der Waals surface area contributed by atoms with Gasteiger partial charge in [0.2, 0.25) is 5.91 Å². The van der Waals surface area contributed by atoms with Gasteiger partial charge in [-0.05, 0) is 30.3 Å². The number of hydrogen-bond acceptors (Lipinski definition) is 3. The number of carbonyl (C=O) groups is 2. The number of nitrogens with one attached hydrogen (secondary N) is 1. The summed E-state index contributed by atoms with van der Waals surface area (Å²) in [5.41, 5.74) is 1.78. The molecule has 0 unspecified atom stereocenters. The zero-order valence-corrected chi connectivity index (χ0v) is 15.2. The lowest BCUT2D eigenvalue weighted by Gasteiger charge is -2.35. The molecule has 0 radical (unpaired) electrons. The molecule has 2 fully saturated rings. The molecule has 0 saturated carbocycles. The standard InChI is InChI=1S/C20H20ClN3O2/c21-15-5-4-8-17(13-15)24-19(25)14-18(20(24)26)23-11-9-22(10-12-23)16-6-2-1-3-7-16/h1-8,13,18H,9-12,14H2/p+1/t18-/m1/s1. The number of rotatable bonds is 3. The molecular formula is C20H21ClN3O2+. The molecule has 0 aliphatic carbocycles. The van der Waals surface area contributed by atoms with E-state index in [9.17, 15) is 9.59 Å². The molecule has 4 rings (SSSR count). The van der Waals surface area contributed by atoms with E-state index in [0.717, 1.165) is 26.2 Å². The SMILES string of the molecule is O=C1C[C@@H]([NH+]2CCN(c3ccccc3)CC2)C(=O)N1c1cccc(Cl)c1. The van der Waals surface area contributed by atoms with Crippen molar-refractivity contribution in [2.24, 2.45) is 0 Å². The minimum absolute atomic E-state index is 0.111. The van der Waals surface area contributed by atoms with E-state index in [0.29, 0.717) is 10.7 Å². The smallest absolute Gasteiger partial charge is 0.292 e. The summed E-state index contributed by atoms with van der Waals surface area (Å²) in [6.45, 7) is 3.47. The third kappa shape index (κ3) is 3.20. The predicted molar refractivity (Wildman–Crippen MR) is 102 cm³/mol. The second kappa shape index (κ2) is 7.09. The lowest BCUT2D eigenvalue weighted by molar-refractivity contribution is -0.915. The van der Waals surface area contributed by atoms with E-state index in [-0.39, 0.29) is 24.3 Å². The van der Waals surface area contributed by atoms with Crippen LogP contribution in [-0.4, -0.2) is 44.0 Å². The molecule has 2 aromatic rings. The number of hydrogen-bond donors (Lipinski definition) is 1. The lowest BCUT2D eigenvalue weighted by Crippen LogP contribution is -3.19. The monoisotopic (exact) mass is 370 g/mol. The molecule has 1 N–H and O–H groups in total. The molecule has 5 nitrogen and oxygen atoms in total. The Morgan fingerprint density at radius 1 is 0.923 bits per heavy atom. The second-order valence-electron chi connectivity index (χ2n) is 6.78. The maximum absolute atomic E-state index is 12.9. The topological polar surface area (TPSA) is 45.1 Å². The van der Waals surface area contributed by atoms with Crippen molar-refractivity contribution in [2.45, 2.75) is 12.5 Å². The van der Waals surface area contributed by atoms with Gasteiger partial charge in [0, 0.05) is 10.7 Å². The van der Waals surface area contributed by atoms with Crippen LogP contribution >= 0.6 is 11.6 Å². The number of nitrogens with zero attached hydrogens (tertiary/aromatic N) is 2. The molecule has 2 heterocycles. The molecule has 6 heteroatoms. The maximum Gasteiger partial charge on any atom is 0.292 e. The summed E-state index contributed by atoms with van der Waals surface area (Å²) in [5.74, 6) is -0.249. The number of anilines is 2. The van der Waals surface area contributed by atoms with E-state index in [2.05, 4.69) is 17.0 Å². The number of para-hydroxylation sites is 1. The van der Waals surface area contributed by atoms with Crippen LogP contribution < -0.4 is 14.7 Å². The van der Waals surface area contributed by atoms with E-state index in [1.165, 1.54) is 15.5 Å². The summed E-state index contributed by atoms with van der Waals surface area (Å²) in [7, 11) is 0. The van der Waals surface area contributed by atoms with Gasteiger partial charge in [0.25, 0.3) is 5.91 Å². The Balaban J connectivity index is 1.45. The first-order valence-corrected chi connectivity index (χ1v) is 9.28. The van der Waals surface area contributed by atoms with E-state index >= 15 is 0 Å². The van der Waals surface area contributed by atoms with Crippen LogP contribution in [0.25, 0.3) is 0 Å². The van der Waals surface area contributed by atoms with Crippen molar-refractivity contribution in [3.05, 3.63) is 59.6 Å². The zero-order valence-electron chi connectivity index (χ0n) is 14.4. The highest BCUT2D eigenvalue weighted by Crippen LogP contribution is 2.25. The molecule has 2 aliphatic heterocycles. The molecule has 2 saturated heterocycles. The molecule has 0 bridgehead atoms. The Morgan fingerprint density at radius 2 is 1.62 bits per heavy atom. The predicted octanol–water partition coefficient (Wildman–Crippen LogP) is 1.38. The molecule has 0 aromatic heterocycles. The maximum atomic E-state index is 12.9. The van der Waals surface area contributed by atoms with Gasteiger partial charge < -0.3 is 9.80 Å². The first-order chi connectivity index (χ1) is 12.6. The van der Waals surface area contributed by atoms with Crippen LogP contribution in [0.15, 0.2) is 54.6 Å². The highest BCUT2D eigenvalue weighted by Gasteiger charge is 2.46. The normalized spacial score (nSPS) is 21.5. The first-order valence-electron chi connectivity index (χ1n) is 8.90. The van der Waals surface area contributed by atoms with Crippen LogP contribution in [0.5, 0.6) is 0 Å². The molecule has 2 aromatic carbocycles. The van der Waals surface area contributed by atoms with Gasteiger partial charge in [-0.2, -0.15) is 0 Å². The molecular weight excluding hydrogens is 350 g/mol. The van der Waals surface area contributed by atoms with Crippen LogP contribution in [0.2, 0.25) is 5.02 Å². The van der Waals surface area contributed by atoms with Crippen LogP contribution in [0.4, 0.5) is 11.4 Å². The van der Waals surface area contributed by atoms with E-state index in [1.54, 1.807) is 24.3 Å². The highest BCUT2D eigenvalue weighted by atomic mass is 35.5. The van der Waals surface area contributed by atoms with E-state index < -0.39 is 0 Å². The lowest BCUT2D eigenvalue weighted by atomic mass is 10.1. The molecule has 2 aliphatic rings. The van der Waals surface area contributed by atoms with Gasteiger partial charge in [0.05, 0.1) is 38.3 Å². The molecule has 2 amide bonds. The average molecular weight is 371 g/mol. The Bertz CT molecular complexity index is 819. The quantitative estimate of drug-likeness (QED) is 0.830. The molecule has 0 spiro atoms. The van der Waals surface area contributed by atoms with Gasteiger partial charge in [-0.1, -0.05) is 35.9 Å². The number of carbonyl (C=O) groups excluding carboxylic acids is 2. The van der Waals surface area contributed by atoms with Crippen LogP contribution in [0, 0.1) is 0 Å². The molecule has 134 valence electrons. The van der Waals surface area contributed by atoms with Gasteiger partial charge >= 0.3 is 0 Å². The summed E-state index contributed by atoms with van der Waals surface area (Å²) >= 11 is 6.02. The van der Waals surface area contributed by atoms with Crippen molar-refractivity contribution >= 4 is 34.8 Å². The van der Waals surface area contributed by atoms with Crippen molar-refractivity contribution in [3.8, 4) is 0 Å². The summed E-state index contributed by atoms with van der Waals surface area (Å²) in [6.07, 6.45) is 0.270. The number of amides is 2. The fourth-order valence-electron chi connectivity index (χ4n) is 3.88. The molecule has 1 atom stereocenters. The Morgan fingerprint density at radius 3 is 2.31 bits per heavy atom. The van der Waals surface area contributed by atoms with Gasteiger partial charge in [0.1, 0.15) is 0 Å². The van der Waals surface area contributed by atoms with Crippen molar-refractivity contribution < 1.29 is 14.5 Å². The van der Waals surface area contributed by atoms with Gasteiger partial charge in [-0.3, -0.25) is 9.59 Å². The Kier molecular flexibility index (Phi) is 4.66. The number of halogens is 1. The van der Waals surface area contributed by atoms with Crippen molar-refractivity contribution in [1.29, 1.82) is 0 Å². The third-order valence-electron chi connectivity index (χ3n) is 5.23. The second-order valence-corrected chi connectivity index (χ2v) is 7.22. The van der Waals surface area contributed by atoms with Crippen molar-refractivity contribution in [1.82, 2.24) is 0 Å². The minimum atomic E-state index is -0.292. The first kappa shape index (κ1) is 17.1. The van der Waals surface area contributed by atoms with Crippen LogP contribution in [0.3, 0.4) is 0 Å². The van der Waals surface area contributed by atoms with E-state index in [1.807, 2.05) is 18.2 Å². The van der Waals surface area contributed by atoms with Crippen molar-refractivity contribution in [2.75, 3.05) is 36.0 Å². The summed E-state index contributed by atoms with van der Waals surface area (Å²) in [4.78, 5) is 30.2. The summed E-state index contributed by atoms with van der Waals surface area (Å²) < 4.78 is 0. The average Bonchev–Trinajstić information content (AvgIpc) is 2.97. The largest absolute Gasteiger partial charge is 0.360 e. The van der Waals surface area contributed by atoms with Crippen molar-refractivity contribution in [3.63, 3.8) is 0 Å². The molecule has 26 heavy (non-hydrogen) atoms. The Hall–Kier alpha value is -2.37. The number of benzene rings is 2. The number of piperazine rings is 1. The van der Waals surface area contributed by atoms with E-state index in [4.69, 9.17) is 11.6 Å². The van der Waals surface area contributed by atoms with Crippen LogP contribution in [0.1, 0.15) is 6.42 Å². The third-order valence-corrected chi connectivity index (χ3v) is 5.47. The van der Waals surface area contributed by atoms with Gasteiger partial charge in [-0.15, -0.1) is 0 Å². The summed E-state index contributed by atoms with van der Waals surface area (Å²) in [5, 5.41) is 0.523. The fourth-order valence-corrected chi connectivity index (χ4v) is 4.06. The number of imide groups is 1. The zero-order chi connectivity index (χ0) is 18.1. The van der Waals surface area contributed by atoms with Gasteiger partial charge in [-0.25, -0.2) is 4.90 Å². The highest BCUT2D eigenvalue weighted by molar-refractivity contribution is 6.31. The minimum Gasteiger partial charge on any atom is -0.360 e. The number of quaternary nitrogens is 1. The van der Waals surface area contributed by atoms with Gasteiger partial charge in [0.15, 0.2) is 6.04 Å². The summed E-state index contributed by atoms with van der Waals surface area (Å²) in [6, 6.07) is 16.9. The fraction of sp³-hybridized carbons (Fsp3) is 0.300. The van der Waals surface area contributed by atoms with Crippen LogP contribution in [-0.2, 0) is 9.59 Å².